The maximum absolute atomic E-state index is 5.89. The lowest BCUT2D eigenvalue weighted by Gasteiger charge is -2.17. The SMILES string of the molecule is Nc1nc2c(s1)CCCC2c1noc(-c2ccc(-c3ccccn3)nc2)n1. The van der Waals surface area contributed by atoms with Crippen molar-refractivity contribution in [3.8, 4) is 22.8 Å². The molecule has 2 N–H and O–H groups in total. The van der Waals surface area contributed by atoms with Crippen LogP contribution in [0.4, 0.5) is 5.13 Å². The summed E-state index contributed by atoms with van der Waals surface area (Å²) in [6.07, 6.45) is 6.52. The average Bonchev–Trinajstić information content (AvgIpc) is 3.34. The highest BCUT2D eigenvalue weighted by molar-refractivity contribution is 7.15. The minimum atomic E-state index is 0.0422. The van der Waals surface area contributed by atoms with E-state index in [0.29, 0.717) is 16.8 Å². The van der Waals surface area contributed by atoms with E-state index in [-0.39, 0.29) is 5.92 Å². The topological polar surface area (TPSA) is 104 Å². The summed E-state index contributed by atoms with van der Waals surface area (Å²) in [7, 11) is 0. The van der Waals surface area contributed by atoms with Crippen LogP contribution in [0.1, 0.15) is 35.2 Å². The molecule has 0 spiro atoms. The first-order valence-corrected chi connectivity index (χ1v) is 9.56. The summed E-state index contributed by atoms with van der Waals surface area (Å²) in [6, 6.07) is 9.56. The Labute approximate surface area is 159 Å². The standard InChI is InChI=1S/C19H16N6OS/c20-19-23-16-12(4-3-6-15(16)27-19)17-24-18(26-25-17)11-7-8-14(22-10-11)13-5-1-2-9-21-13/h1-2,5,7-10,12H,3-4,6H2,(H2,20,23). The Bertz CT molecular complexity index is 1070. The summed E-state index contributed by atoms with van der Waals surface area (Å²) in [5.74, 6) is 1.16. The minimum absolute atomic E-state index is 0.0422. The van der Waals surface area contributed by atoms with Crippen molar-refractivity contribution in [1.82, 2.24) is 25.1 Å². The maximum atomic E-state index is 5.89. The van der Waals surface area contributed by atoms with E-state index >= 15 is 0 Å². The fourth-order valence-corrected chi connectivity index (χ4v) is 4.30. The predicted molar refractivity (Wildman–Crippen MR) is 102 cm³/mol. The number of rotatable bonds is 3. The van der Waals surface area contributed by atoms with Gasteiger partial charge in [0.25, 0.3) is 5.89 Å². The summed E-state index contributed by atoms with van der Waals surface area (Å²) in [5.41, 5.74) is 9.29. The van der Waals surface area contributed by atoms with E-state index in [1.807, 2.05) is 30.3 Å². The van der Waals surface area contributed by atoms with Crippen molar-refractivity contribution in [3.05, 3.63) is 59.1 Å². The number of fused-ring (bicyclic) bond motifs is 1. The van der Waals surface area contributed by atoms with Gasteiger partial charge in [0.15, 0.2) is 11.0 Å². The van der Waals surface area contributed by atoms with Crippen LogP contribution in [-0.4, -0.2) is 25.1 Å². The Hall–Kier alpha value is -3.13. The quantitative estimate of drug-likeness (QED) is 0.581. The molecule has 27 heavy (non-hydrogen) atoms. The van der Waals surface area contributed by atoms with Gasteiger partial charge in [0.05, 0.1) is 28.6 Å². The van der Waals surface area contributed by atoms with Crippen molar-refractivity contribution in [2.24, 2.45) is 0 Å². The van der Waals surface area contributed by atoms with Crippen molar-refractivity contribution in [1.29, 1.82) is 0 Å². The number of hydrogen-bond donors (Lipinski definition) is 1. The van der Waals surface area contributed by atoms with Crippen molar-refractivity contribution in [3.63, 3.8) is 0 Å². The van der Waals surface area contributed by atoms with Crippen molar-refractivity contribution in [2.75, 3.05) is 5.73 Å². The molecule has 5 rings (SSSR count). The first kappa shape index (κ1) is 16.1. The summed E-state index contributed by atoms with van der Waals surface area (Å²) < 4.78 is 5.50. The highest BCUT2D eigenvalue weighted by Crippen LogP contribution is 2.39. The number of thiazole rings is 1. The van der Waals surface area contributed by atoms with Gasteiger partial charge in [-0.1, -0.05) is 11.2 Å². The third-order valence-electron chi connectivity index (χ3n) is 4.66. The fourth-order valence-electron chi connectivity index (χ4n) is 3.37. The molecule has 1 unspecified atom stereocenters. The lowest BCUT2D eigenvalue weighted by atomic mass is 9.90. The summed E-state index contributed by atoms with van der Waals surface area (Å²) in [5, 5.41) is 4.80. The van der Waals surface area contributed by atoms with Gasteiger partial charge in [0.2, 0.25) is 0 Å². The average molecular weight is 376 g/mol. The van der Waals surface area contributed by atoms with E-state index in [1.165, 1.54) is 4.88 Å². The number of nitrogen functional groups attached to an aromatic ring is 1. The molecule has 0 amide bonds. The number of aromatic nitrogens is 5. The van der Waals surface area contributed by atoms with Crippen LogP contribution in [0.15, 0.2) is 47.2 Å². The Morgan fingerprint density at radius 2 is 2.00 bits per heavy atom. The van der Waals surface area contributed by atoms with E-state index in [4.69, 9.17) is 10.3 Å². The van der Waals surface area contributed by atoms with Crippen molar-refractivity contribution < 1.29 is 4.52 Å². The van der Waals surface area contributed by atoms with Gasteiger partial charge in [0, 0.05) is 17.3 Å². The fraction of sp³-hybridized carbons (Fsp3) is 0.211. The Kier molecular flexibility index (Phi) is 3.90. The van der Waals surface area contributed by atoms with E-state index in [9.17, 15) is 0 Å². The monoisotopic (exact) mass is 376 g/mol. The molecule has 0 radical (unpaired) electrons. The molecule has 4 aromatic rings. The van der Waals surface area contributed by atoms with E-state index in [0.717, 1.165) is 41.9 Å². The molecule has 1 aliphatic rings. The van der Waals surface area contributed by atoms with Crippen LogP contribution >= 0.6 is 11.3 Å². The van der Waals surface area contributed by atoms with Crippen LogP contribution < -0.4 is 5.73 Å². The normalized spacial score (nSPS) is 16.2. The molecule has 0 saturated heterocycles. The molecule has 0 saturated carbocycles. The third-order valence-corrected chi connectivity index (χ3v) is 5.62. The Balaban J connectivity index is 1.43. The highest BCUT2D eigenvalue weighted by atomic mass is 32.1. The molecule has 0 aliphatic heterocycles. The molecule has 1 aliphatic carbocycles. The smallest absolute Gasteiger partial charge is 0.259 e. The molecule has 8 heteroatoms. The summed E-state index contributed by atoms with van der Waals surface area (Å²) in [4.78, 5) is 19.1. The molecule has 134 valence electrons. The minimum Gasteiger partial charge on any atom is -0.375 e. The van der Waals surface area contributed by atoms with E-state index < -0.39 is 0 Å². The first-order chi connectivity index (χ1) is 13.3. The summed E-state index contributed by atoms with van der Waals surface area (Å²) in [6.45, 7) is 0. The number of nitrogens with zero attached hydrogens (tertiary/aromatic N) is 5. The van der Waals surface area contributed by atoms with Crippen LogP contribution in [0.5, 0.6) is 0 Å². The second-order valence-electron chi connectivity index (χ2n) is 6.41. The van der Waals surface area contributed by atoms with Crippen LogP contribution in [0.2, 0.25) is 0 Å². The number of hydrogen-bond acceptors (Lipinski definition) is 8. The van der Waals surface area contributed by atoms with Gasteiger partial charge in [-0.2, -0.15) is 4.98 Å². The molecule has 7 nitrogen and oxygen atoms in total. The molecule has 0 fully saturated rings. The first-order valence-electron chi connectivity index (χ1n) is 8.74. The largest absolute Gasteiger partial charge is 0.375 e. The lowest BCUT2D eigenvalue weighted by molar-refractivity contribution is 0.414. The van der Waals surface area contributed by atoms with Crippen LogP contribution in [-0.2, 0) is 6.42 Å². The van der Waals surface area contributed by atoms with E-state index in [1.54, 1.807) is 23.7 Å². The third kappa shape index (κ3) is 2.97. The van der Waals surface area contributed by atoms with Crippen molar-refractivity contribution in [2.45, 2.75) is 25.2 Å². The number of nitrogens with two attached hydrogens (primary N) is 1. The van der Waals surface area contributed by atoms with Gasteiger partial charge in [-0.3, -0.25) is 9.97 Å². The Morgan fingerprint density at radius 1 is 1.07 bits per heavy atom. The molecule has 0 bridgehead atoms. The molecular formula is C19H16N6OS. The van der Waals surface area contributed by atoms with Crippen LogP contribution in [0, 0.1) is 0 Å². The van der Waals surface area contributed by atoms with E-state index in [2.05, 4.69) is 25.1 Å². The second kappa shape index (κ2) is 6.55. The zero-order valence-electron chi connectivity index (χ0n) is 14.4. The lowest BCUT2D eigenvalue weighted by Crippen LogP contribution is -2.11. The number of aryl methyl sites for hydroxylation is 1. The zero-order chi connectivity index (χ0) is 18.2. The van der Waals surface area contributed by atoms with Crippen molar-refractivity contribution >= 4 is 16.5 Å². The van der Waals surface area contributed by atoms with Gasteiger partial charge < -0.3 is 10.3 Å². The summed E-state index contributed by atoms with van der Waals surface area (Å²) >= 11 is 1.56. The van der Waals surface area contributed by atoms with Gasteiger partial charge in [-0.25, -0.2) is 4.98 Å². The highest BCUT2D eigenvalue weighted by Gasteiger charge is 2.29. The maximum Gasteiger partial charge on any atom is 0.259 e. The Morgan fingerprint density at radius 3 is 2.81 bits per heavy atom. The number of pyridine rings is 2. The molecule has 0 aromatic carbocycles. The van der Waals surface area contributed by atoms with Crippen LogP contribution in [0.25, 0.3) is 22.8 Å². The van der Waals surface area contributed by atoms with Gasteiger partial charge >= 0.3 is 0 Å². The second-order valence-corrected chi connectivity index (χ2v) is 7.53. The molecule has 1 atom stereocenters. The zero-order valence-corrected chi connectivity index (χ0v) is 15.2. The molecular weight excluding hydrogens is 360 g/mol. The van der Waals surface area contributed by atoms with Gasteiger partial charge in [0.1, 0.15) is 0 Å². The predicted octanol–water partition coefficient (Wildman–Crippen LogP) is 3.70. The number of anilines is 1. The molecule has 4 aromatic heterocycles. The molecule has 4 heterocycles. The van der Waals surface area contributed by atoms with Gasteiger partial charge in [-0.05, 0) is 43.5 Å². The van der Waals surface area contributed by atoms with Gasteiger partial charge in [-0.15, -0.1) is 11.3 Å². The van der Waals surface area contributed by atoms with Crippen LogP contribution in [0.3, 0.4) is 0 Å².